The van der Waals surface area contributed by atoms with Gasteiger partial charge in [0.05, 0.1) is 12.2 Å². The number of likely N-dealkylation sites (tertiary alicyclic amines) is 1. The zero-order valence-corrected chi connectivity index (χ0v) is 12.5. The van der Waals surface area contributed by atoms with E-state index in [-0.39, 0.29) is 11.9 Å². The number of nitrogens with zero attached hydrogens (tertiary/aromatic N) is 2. The first-order valence-electron chi connectivity index (χ1n) is 6.88. The highest BCUT2D eigenvalue weighted by Gasteiger charge is 2.33. The lowest BCUT2D eigenvalue weighted by molar-refractivity contribution is 0.0734. The topological polar surface area (TPSA) is 76.3 Å². The predicted octanol–water partition coefficient (Wildman–Crippen LogP) is 2.36. The number of rotatable bonds is 3. The SMILES string of the molecule is NC(=O)c1cnc([C@H]2CCCN2C(=O)c2cccc(F)c2)s1. The first-order chi connectivity index (χ1) is 10.6. The first-order valence-corrected chi connectivity index (χ1v) is 7.70. The van der Waals surface area contributed by atoms with Gasteiger partial charge in [-0.2, -0.15) is 0 Å². The Kier molecular flexibility index (Phi) is 3.89. The Morgan fingerprint density at radius 3 is 2.91 bits per heavy atom. The van der Waals surface area contributed by atoms with E-state index in [2.05, 4.69) is 4.98 Å². The monoisotopic (exact) mass is 319 g/mol. The molecule has 0 radical (unpaired) electrons. The number of halogens is 1. The maximum absolute atomic E-state index is 13.3. The lowest BCUT2D eigenvalue weighted by atomic mass is 10.1. The second-order valence-corrected chi connectivity index (χ2v) is 6.16. The molecule has 3 rings (SSSR count). The van der Waals surface area contributed by atoms with Gasteiger partial charge in [-0.3, -0.25) is 9.59 Å². The predicted molar refractivity (Wildman–Crippen MR) is 80.0 cm³/mol. The Morgan fingerprint density at radius 1 is 1.41 bits per heavy atom. The van der Waals surface area contributed by atoms with E-state index in [1.54, 1.807) is 11.0 Å². The molecule has 0 aliphatic carbocycles. The van der Waals surface area contributed by atoms with E-state index in [1.807, 2.05) is 0 Å². The van der Waals surface area contributed by atoms with Crippen molar-refractivity contribution in [3.63, 3.8) is 0 Å². The number of benzene rings is 1. The average molecular weight is 319 g/mol. The second kappa shape index (κ2) is 5.84. The molecule has 2 heterocycles. The maximum Gasteiger partial charge on any atom is 0.260 e. The van der Waals surface area contributed by atoms with Gasteiger partial charge in [0.25, 0.3) is 11.8 Å². The highest BCUT2D eigenvalue weighted by Crippen LogP contribution is 2.35. The highest BCUT2D eigenvalue weighted by molar-refractivity contribution is 7.13. The summed E-state index contributed by atoms with van der Waals surface area (Å²) < 4.78 is 13.3. The normalized spacial score (nSPS) is 17.7. The molecular weight excluding hydrogens is 305 g/mol. The summed E-state index contributed by atoms with van der Waals surface area (Å²) in [5.41, 5.74) is 5.56. The van der Waals surface area contributed by atoms with Crippen LogP contribution in [0.15, 0.2) is 30.5 Å². The number of primary amides is 1. The van der Waals surface area contributed by atoms with Gasteiger partial charge in [-0.1, -0.05) is 6.07 Å². The van der Waals surface area contributed by atoms with Crippen LogP contribution in [0.1, 0.15) is 43.9 Å². The Balaban J connectivity index is 1.86. The molecule has 1 aliphatic heterocycles. The van der Waals surface area contributed by atoms with Crippen LogP contribution in [0.2, 0.25) is 0 Å². The summed E-state index contributed by atoms with van der Waals surface area (Å²) in [6, 6.07) is 5.46. The van der Waals surface area contributed by atoms with Crippen LogP contribution in [0.3, 0.4) is 0 Å². The standard InChI is InChI=1S/C15H14FN3O2S/c16-10-4-1-3-9(7-10)15(21)19-6-2-5-11(19)14-18-8-12(22-14)13(17)20/h1,3-4,7-8,11H,2,5-6H2,(H2,17,20)/t11-/m1/s1. The number of carbonyl (C=O) groups is 2. The smallest absolute Gasteiger partial charge is 0.260 e. The Labute approximate surface area is 130 Å². The summed E-state index contributed by atoms with van der Waals surface area (Å²) in [7, 11) is 0. The van der Waals surface area contributed by atoms with Gasteiger partial charge >= 0.3 is 0 Å². The Morgan fingerprint density at radius 2 is 2.23 bits per heavy atom. The van der Waals surface area contributed by atoms with Crippen LogP contribution in [-0.2, 0) is 0 Å². The molecule has 0 saturated carbocycles. The van der Waals surface area contributed by atoms with Crippen LogP contribution in [0.25, 0.3) is 0 Å². The van der Waals surface area contributed by atoms with Crippen LogP contribution in [-0.4, -0.2) is 28.2 Å². The molecule has 1 atom stereocenters. The largest absolute Gasteiger partial charge is 0.365 e. The number of aromatic nitrogens is 1. The molecule has 1 aliphatic rings. The van der Waals surface area contributed by atoms with E-state index in [0.29, 0.717) is 22.0 Å². The highest BCUT2D eigenvalue weighted by atomic mass is 32.1. The van der Waals surface area contributed by atoms with Gasteiger partial charge in [0, 0.05) is 12.1 Å². The van der Waals surface area contributed by atoms with Crippen LogP contribution >= 0.6 is 11.3 Å². The van der Waals surface area contributed by atoms with Crippen molar-refractivity contribution in [2.24, 2.45) is 5.73 Å². The number of hydrogen-bond donors (Lipinski definition) is 1. The van der Waals surface area contributed by atoms with Crippen molar-refractivity contribution in [3.05, 3.63) is 51.7 Å². The van der Waals surface area contributed by atoms with Crippen LogP contribution in [0.5, 0.6) is 0 Å². The number of amides is 2. The fourth-order valence-corrected chi connectivity index (χ4v) is 3.53. The van der Waals surface area contributed by atoms with Gasteiger partial charge in [0.15, 0.2) is 0 Å². The van der Waals surface area contributed by atoms with Crippen LogP contribution in [0, 0.1) is 5.82 Å². The lowest BCUT2D eigenvalue weighted by Crippen LogP contribution is -2.30. The summed E-state index contributed by atoms with van der Waals surface area (Å²) in [4.78, 5) is 30.0. The molecule has 22 heavy (non-hydrogen) atoms. The molecule has 5 nitrogen and oxygen atoms in total. The molecule has 7 heteroatoms. The third-order valence-corrected chi connectivity index (χ3v) is 4.75. The van der Waals surface area contributed by atoms with Crippen molar-refractivity contribution in [3.8, 4) is 0 Å². The van der Waals surface area contributed by atoms with E-state index in [1.165, 1.54) is 35.7 Å². The van der Waals surface area contributed by atoms with Gasteiger partial charge in [0.2, 0.25) is 0 Å². The van der Waals surface area contributed by atoms with Crippen LogP contribution < -0.4 is 5.73 Å². The first kappa shape index (κ1) is 14.6. The molecule has 2 amide bonds. The van der Waals surface area contributed by atoms with Crippen molar-refractivity contribution in [2.75, 3.05) is 6.54 Å². The summed E-state index contributed by atoms with van der Waals surface area (Å²) in [6.07, 6.45) is 3.05. The summed E-state index contributed by atoms with van der Waals surface area (Å²) >= 11 is 1.20. The van der Waals surface area contributed by atoms with E-state index in [0.717, 1.165) is 12.8 Å². The van der Waals surface area contributed by atoms with Crippen LogP contribution in [0.4, 0.5) is 4.39 Å². The Hall–Kier alpha value is -2.28. The van der Waals surface area contributed by atoms with Gasteiger partial charge < -0.3 is 10.6 Å². The van der Waals surface area contributed by atoms with Gasteiger partial charge in [-0.15, -0.1) is 11.3 Å². The zero-order valence-electron chi connectivity index (χ0n) is 11.7. The van der Waals surface area contributed by atoms with Crippen molar-refractivity contribution in [2.45, 2.75) is 18.9 Å². The molecule has 0 spiro atoms. The third-order valence-electron chi connectivity index (χ3n) is 3.64. The Bertz CT molecular complexity index is 731. The molecule has 2 N–H and O–H groups in total. The summed E-state index contributed by atoms with van der Waals surface area (Å²) in [5.74, 6) is -1.19. The van der Waals surface area contributed by atoms with Crippen molar-refractivity contribution in [1.29, 1.82) is 0 Å². The van der Waals surface area contributed by atoms with Crippen molar-refractivity contribution in [1.82, 2.24) is 9.88 Å². The second-order valence-electron chi connectivity index (χ2n) is 5.09. The molecule has 1 aromatic heterocycles. The minimum absolute atomic E-state index is 0.186. The minimum atomic E-state index is -0.523. The van der Waals surface area contributed by atoms with Crippen molar-refractivity contribution < 1.29 is 14.0 Å². The van der Waals surface area contributed by atoms with E-state index in [9.17, 15) is 14.0 Å². The minimum Gasteiger partial charge on any atom is -0.365 e. The molecule has 114 valence electrons. The maximum atomic E-state index is 13.3. The van der Waals surface area contributed by atoms with Gasteiger partial charge in [-0.05, 0) is 31.0 Å². The van der Waals surface area contributed by atoms with E-state index < -0.39 is 11.7 Å². The third kappa shape index (κ3) is 2.71. The van der Waals surface area contributed by atoms with E-state index in [4.69, 9.17) is 5.73 Å². The fraction of sp³-hybridized carbons (Fsp3) is 0.267. The number of nitrogens with two attached hydrogens (primary N) is 1. The molecule has 1 saturated heterocycles. The average Bonchev–Trinajstić information content (AvgIpc) is 3.15. The molecule has 2 aromatic rings. The zero-order chi connectivity index (χ0) is 15.7. The number of thiazole rings is 1. The quantitative estimate of drug-likeness (QED) is 0.943. The molecule has 0 bridgehead atoms. The van der Waals surface area contributed by atoms with E-state index >= 15 is 0 Å². The summed E-state index contributed by atoms with van der Waals surface area (Å²) in [6.45, 7) is 0.589. The molecular formula is C15H14FN3O2S. The fourth-order valence-electron chi connectivity index (χ4n) is 2.61. The van der Waals surface area contributed by atoms with Gasteiger partial charge in [-0.25, -0.2) is 9.37 Å². The summed E-state index contributed by atoms with van der Waals surface area (Å²) in [5, 5.41) is 0.691. The van der Waals surface area contributed by atoms with Gasteiger partial charge in [0.1, 0.15) is 15.7 Å². The van der Waals surface area contributed by atoms with Crippen molar-refractivity contribution >= 4 is 23.2 Å². The number of hydrogen-bond acceptors (Lipinski definition) is 4. The molecule has 1 fully saturated rings. The molecule has 1 aromatic carbocycles. The number of carbonyl (C=O) groups excluding carboxylic acids is 2. The molecule has 0 unspecified atom stereocenters. The lowest BCUT2D eigenvalue weighted by Gasteiger charge is -2.23.